The fourth-order valence-corrected chi connectivity index (χ4v) is 2.92. The molecule has 0 aliphatic rings. The Kier molecular flexibility index (Phi) is 4.84. The summed E-state index contributed by atoms with van der Waals surface area (Å²) >= 11 is 17.8. The van der Waals surface area contributed by atoms with E-state index in [1.54, 1.807) is 18.2 Å². The molecule has 2 rings (SSSR count). The minimum Gasteiger partial charge on any atom is -0.455 e. The van der Waals surface area contributed by atoms with Gasteiger partial charge in [0.2, 0.25) is 0 Å². The number of nitrogens with two attached hydrogens (primary N) is 1. The largest absolute Gasteiger partial charge is 0.455 e. The molecule has 19 heavy (non-hydrogen) atoms. The van der Waals surface area contributed by atoms with Crippen LogP contribution in [0.3, 0.4) is 0 Å². The summed E-state index contributed by atoms with van der Waals surface area (Å²) in [4.78, 5) is 0.264. The number of ether oxygens (including phenoxy) is 1. The lowest BCUT2D eigenvalue weighted by atomic mass is 10.2. The van der Waals surface area contributed by atoms with E-state index in [1.807, 2.05) is 18.2 Å². The molecule has 98 valence electrons. The van der Waals surface area contributed by atoms with Gasteiger partial charge in [0.15, 0.2) is 0 Å². The molecular weight excluding hydrogens is 413 g/mol. The molecule has 0 radical (unpaired) electrons. The Morgan fingerprint density at radius 3 is 2.47 bits per heavy atom. The van der Waals surface area contributed by atoms with Crippen LogP contribution in [0.25, 0.3) is 0 Å². The number of hydrogen-bond donors (Lipinski definition) is 1. The van der Waals surface area contributed by atoms with Crippen molar-refractivity contribution in [1.82, 2.24) is 0 Å². The van der Waals surface area contributed by atoms with E-state index in [0.29, 0.717) is 22.1 Å². The smallest absolute Gasteiger partial charge is 0.141 e. The van der Waals surface area contributed by atoms with E-state index in [1.165, 1.54) is 0 Å². The predicted molar refractivity (Wildman–Crippen MR) is 89.3 cm³/mol. The topological polar surface area (TPSA) is 35.2 Å². The van der Waals surface area contributed by atoms with Crippen LogP contribution in [0.1, 0.15) is 5.56 Å². The lowest BCUT2D eigenvalue weighted by molar-refractivity contribution is 0.478. The van der Waals surface area contributed by atoms with E-state index >= 15 is 0 Å². The molecule has 0 aromatic heterocycles. The highest BCUT2D eigenvalue weighted by molar-refractivity contribution is 9.11. The molecule has 0 amide bonds. The molecule has 0 saturated carbocycles. The van der Waals surface area contributed by atoms with Crippen molar-refractivity contribution in [2.75, 3.05) is 0 Å². The van der Waals surface area contributed by atoms with Gasteiger partial charge >= 0.3 is 0 Å². The zero-order valence-electron chi connectivity index (χ0n) is 9.49. The maximum absolute atomic E-state index is 5.97. The van der Waals surface area contributed by atoms with Crippen molar-refractivity contribution in [2.45, 2.75) is 0 Å². The summed E-state index contributed by atoms with van der Waals surface area (Å²) in [6, 6.07) is 10.8. The molecule has 2 aromatic carbocycles. The summed E-state index contributed by atoms with van der Waals surface area (Å²) in [6.45, 7) is 0. The monoisotopic (exact) mass is 419 g/mol. The second-order valence-electron chi connectivity index (χ2n) is 3.68. The number of halogens is 3. The average Bonchev–Trinajstić information content (AvgIpc) is 2.32. The van der Waals surface area contributed by atoms with Crippen LogP contribution in [0.15, 0.2) is 45.3 Å². The molecule has 0 heterocycles. The SMILES string of the molecule is NC(=S)c1ccc(Cl)cc1Oc1ccc(Br)cc1Br. The van der Waals surface area contributed by atoms with Gasteiger partial charge in [0.25, 0.3) is 0 Å². The van der Waals surface area contributed by atoms with Crippen LogP contribution in [0.4, 0.5) is 0 Å². The van der Waals surface area contributed by atoms with Crippen molar-refractivity contribution in [1.29, 1.82) is 0 Å². The maximum Gasteiger partial charge on any atom is 0.141 e. The van der Waals surface area contributed by atoms with Gasteiger partial charge < -0.3 is 10.5 Å². The van der Waals surface area contributed by atoms with Gasteiger partial charge in [-0.3, -0.25) is 0 Å². The molecule has 0 bridgehead atoms. The van der Waals surface area contributed by atoms with Gasteiger partial charge in [-0.15, -0.1) is 0 Å². The zero-order valence-corrected chi connectivity index (χ0v) is 14.2. The minimum absolute atomic E-state index is 0.264. The second kappa shape index (κ2) is 6.22. The first-order chi connectivity index (χ1) is 8.97. The summed E-state index contributed by atoms with van der Waals surface area (Å²) in [5, 5.41) is 0.559. The molecule has 0 fully saturated rings. The Hall–Kier alpha value is -0.620. The maximum atomic E-state index is 5.97. The van der Waals surface area contributed by atoms with Crippen molar-refractivity contribution in [2.24, 2.45) is 5.73 Å². The minimum atomic E-state index is 0.264. The first-order valence-electron chi connectivity index (χ1n) is 5.19. The quantitative estimate of drug-likeness (QED) is 0.684. The molecule has 2 N–H and O–H groups in total. The Balaban J connectivity index is 2.42. The second-order valence-corrected chi connectivity index (χ2v) is 6.33. The molecule has 0 spiro atoms. The molecule has 0 saturated heterocycles. The first-order valence-corrected chi connectivity index (χ1v) is 7.57. The van der Waals surface area contributed by atoms with E-state index < -0.39 is 0 Å². The van der Waals surface area contributed by atoms with Crippen molar-refractivity contribution in [3.8, 4) is 11.5 Å². The standard InChI is InChI=1S/C13H8Br2ClNOS/c14-7-1-4-11(10(15)5-7)18-12-6-8(16)2-3-9(12)13(17)19/h1-6H,(H2,17,19). The number of benzene rings is 2. The average molecular weight is 422 g/mol. The van der Waals surface area contributed by atoms with E-state index in [2.05, 4.69) is 31.9 Å². The Morgan fingerprint density at radius 1 is 1.11 bits per heavy atom. The molecule has 2 nitrogen and oxygen atoms in total. The van der Waals surface area contributed by atoms with Crippen LogP contribution in [0.5, 0.6) is 11.5 Å². The fraction of sp³-hybridized carbons (Fsp3) is 0. The van der Waals surface area contributed by atoms with Gasteiger partial charge in [-0.25, -0.2) is 0 Å². The molecule has 0 aliphatic heterocycles. The van der Waals surface area contributed by atoms with Crippen LogP contribution < -0.4 is 10.5 Å². The lowest BCUT2D eigenvalue weighted by Gasteiger charge is -2.12. The summed E-state index contributed by atoms with van der Waals surface area (Å²) in [5.74, 6) is 1.19. The molecule has 0 atom stereocenters. The summed E-state index contributed by atoms with van der Waals surface area (Å²) < 4.78 is 7.58. The summed E-state index contributed by atoms with van der Waals surface area (Å²) in [5.41, 5.74) is 6.32. The van der Waals surface area contributed by atoms with Gasteiger partial charge in [-0.2, -0.15) is 0 Å². The highest BCUT2D eigenvalue weighted by Crippen LogP contribution is 2.34. The Labute approximate surface area is 138 Å². The van der Waals surface area contributed by atoms with Gasteiger partial charge in [-0.1, -0.05) is 39.7 Å². The van der Waals surface area contributed by atoms with Gasteiger partial charge in [0.1, 0.15) is 16.5 Å². The number of thiocarbonyl (C=S) groups is 1. The van der Waals surface area contributed by atoms with E-state index in [9.17, 15) is 0 Å². The van der Waals surface area contributed by atoms with Gasteiger partial charge in [-0.05, 0) is 46.3 Å². The highest BCUT2D eigenvalue weighted by atomic mass is 79.9. The molecule has 6 heteroatoms. The first kappa shape index (κ1) is 14.8. The van der Waals surface area contributed by atoms with E-state index in [0.717, 1.165) is 8.95 Å². The van der Waals surface area contributed by atoms with Gasteiger partial charge in [0.05, 0.1) is 10.0 Å². The summed E-state index contributed by atoms with van der Waals surface area (Å²) in [7, 11) is 0. The Morgan fingerprint density at radius 2 is 1.84 bits per heavy atom. The van der Waals surface area contributed by atoms with Crippen molar-refractivity contribution >= 4 is 60.7 Å². The number of rotatable bonds is 3. The highest BCUT2D eigenvalue weighted by Gasteiger charge is 2.10. The van der Waals surface area contributed by atoms with Crippen LogP contribution in [0.2, 0.25) is 5.02 Å². The van der Waals surface area contributed by atoms with E-state index in [-0.39, 0.29) is 4.99 Å². The molecule has 0 unspecified atom stereocenters. The van der Waals surface area contributed by atoms with Crippen molar-refractivity contribution < 1.29 is 4.74 Å². The van der Waals surface area contributed by atoms with Crippen LogP contribution >= 0.6 is 55.7 Å². The normalized spacial score (nSPS) is 10.3. The lowest BCUT2D eigenvalue weighted by Crippen LogP contribution is -2.10. The van der Waals surface area contributed by atoms with Crippen LogP contribution in [0, 0.1) is 0 Å². The van der Waals surface area contributed by atoms with Crippen LogP contribution in [-0.4, -0.2) is 4.99 Å². The third kappa shape index (κ3) is 3.69. The molecular formula is C13H8Br2ClNOS. The third-order valence-corrected chi connectivity index (χ3v) is 3.89. The zero-order chi connectivity index (χ0) is 14.0. The molecule has 2 aromatic rings. The predicted octanol–water partition coefficient (Wildman–Crippen LogP) is 5.29. The Bertz CT molecular complexity index is 649. The van der Waals surface area contributed by atoms with Crippen molar-refractivity contribution in [3.05, 3.63) is 55.9 Å². The van der Waals surface area contributed by atoms with Crippen molar-refractivity contribution in [3.63, 3.8) is 0 Å². The van der Waals surface area contributed by atoms with Crippen LogP contribution in [-0.2, 0) is 0 Å². The number of hydrogen-bond acceptors (Lipinski definition) is 2. The van der Waals surface area contributed by atoms with Gasteiger partial charge in [0, 0.05) is 15.6 Å². The fourth-order valence-electron chi connectivity index (χ4n) is 1.46. The molecule has 0 aliphatic carbocycles. The van der Waals surface area contributed by atoms with E-state index in [4.69, 9.17) is 34.3 Å². The summed E-state index contributed by atoms with van der Waals surface area (Å²) in [6.07, 6.45) is 0. The third-order valence-electron chi connectivity index (χ3n) is 2.32.